The van der Waals surface area contributed by atoms with Gasteiger partial charge in [-0.1, -0.05) is 17.7 Å². The summed E-state index contributed by atoms with van der Waals surface area (Å²) in [5, 5.41) is 0. The van der Waals surface area contributed by atoms with E-state index in [9.17, 15) is 22.4 Å². The van der Waals surface area contributed by atoms with Gasteiger partial charge < -0.3 is 9.47 Å². The number of hydrogen-bond acceptors (Lipinski definition) is 6. The molecule has 0 aliphatic carbocycles. The van der Waals surface area contributed by atoms with Gasteiger partial charge in [-0.25, -0.2) is 17.6 Å². The molecule has 166 valence electrons. The van der Waals surface area contributed by atoms with Crippen LogP contribution in [0, 0.1) is 12.7 Å². The van der Waals surface area contributed by atoms with E-state index in [0.717, 1.165) is 23.8 Å². The maximum Gasteiger partial charge on any atom is 0.338 e. The monoisotopic (exact) mass is 457 g/mol. The number of carbonyl (C=O) groups is 2. The predicted octanol–water partition coefficient (Wildman–Crippen LogP) is 3.98. The summed E-state index contributed by atoms with van der Waals surface area (Å²) in [6, 6.07) is 15.3. The standard InChI is InChI=1S/C23H20FNO6S/c1-15-3-10-19(11-4-15)25-32(28,29)22-13-17(7-12-21(22)30-2)23(27)31-14-20(26)16-5-8-18(24)9-6-16/h3-13,25H,14H2,1-2H3. The molecule has 3 rings (SSSR count). The van der Waals surface area contributed by atoms with Crippen molar-refractivity contribution in [3.63, 3.8) is 0 Å². The number of rotatable bonds is 8. The lowest BCUT2D eigenvalue weighted by molar-refractivity contribution is 0.0474. The number of hydrogen-bond donors (Lipinski definition) is 1. The fraction of sp³-hybridized carbons (Fsp3) is 0.130. The molecular formula is C23H20FNO6S. The van der Waals surface area contributed by atoms with Crippen molar-refractivity contribution in [3.05, 3.63) is 89.2 Å². The molecule has 0 saturated carbocycles. The van der Waals surface area contributed by atoms with Gasteiger partial charge in [0.1, 0.15) is 16.5 Å². The number of sulfonamides is 1. The average molecular weight is 457 g/mol. The van der Waals surface area contributed by atoms with Gasteiger partial charge in [0.2, 0.25) is 0 Å². The molecule has 0 bridgehead atoms. The molecule has 0 atom stereocenters. The molecule has 0 unspecified atom stereocenters. The molecule has 0 aliphatic heterocycles. The van der Waals surface area contributed by atoms with Crippen molar-refractivity contribution >= 4 is 27.5 Å². The van der Waals surface area contributed by atoms with E-state index in [1.807, 2.05) is 6.92 Å². The largest absolute Gasteiger partial charge is 0.495 e. The molecule has 0 aromatic heterocycles. The van der Waals surface area contributed by atoms with E-state index in [0.29, 0.717) is 5.69 Å². The third-order valence-electron chi connectivity index (χ3n) is 4.49. The highest BCUT2D eigenvalue weighted by molar-refractivity contribution is 7.92. The van der Waals surface area contributed by atoms with Crippen molar-refractivity contribution < 1.29 is 31.9 Å². The van der Waals surface area contributed by atoms with E-state index in [-0.39, 0.29) is 21.8 Å². The van der Waals surface area contributed by atoms with Gasteiger partial charge in [-0.05, 0) is 61.5 Å². The molecule has 0 amide bonds. The van der Waals surface area contributed by atoms with Crippen LogP contribution in [0.3, 0.4) is 0 Å². The van der Waals surface area contributed by atoms with Crippen LogP contribution in [0.2, 0.25) is 0 Å². The van der Waals surface area contributed by atoms with E-state index in [1.54, 1.807) is 24.3 Å². The van der Waals surface area contributed by atoms with Crippen LogP contribution in [0.15, 0.2) is 71.6 Å². The Labute approximate surface area is 184 Å². The molecule has 0 heterocycles. The first-order valence-electron chi connectivity index (χ1n) is 9.43. The predicted molar refractivity (Wildman–Crippen MR) is 116 cm³/mol. The van der Waals surface area contributed by atoms with Gasteiger partial charge >= 0.3 is 5.97 Å². The van der Waals surface area contributed by atoms with Gasteiger partial charge in [0.25, 0.3) is 10.0 Å². The zero-order valence-corrected chi connectivity index (χ0v) is 18.1. The second-order valence-corrected chi connectivity index (χ2v) is 8.49. The summed E-state index contributed by atoms with van der Waals surface area (Å²) in [7, 11) is -2.78. The fourth-order valence-corrected chi connectivity index (χ4v) is 4.03. The third-order valence-corrected chi connectivity index (χ3v) is 5.90. The Morgan fingerprint density at radius 3 is 2.19 bits per heavy atom. The van der Waals surface area contributed by atoms with Crippen LogP contribution >= 0.6 is 0 Å². The number of aryl methyl sites for hydroxylation is 1. The molecule has 7 nitrogen and oxygen atoms in total. The summed E-state index contributed by atoms with van der Waals surface area (Å²) in [6.07, 6.45) is 0. The first-order chi connectivity index (χ1) is 15.2. The molecule has 0 radical (unpaired) electrons. The van der Waals surface area contributed by atoms with Crippen molar-refractivity contribution in [2.45, 2.75) is 11.8 Å². The number of carbonyl (C=O) groups excluding carboxylic acids is 2. The molecule has 0 saturated heterocycles. The molecule has 32 heavy (non-hydrogen) atoms. The number of methoxy groups -OCH3 is 1. The maximum absolute atomic E-state index is 13.0. The van der Waals surface area contributed by atoms with Gasteiger partial charge in [0.15, 0.2) is 12.4 Å². The summed E-state index contributed by atoms with van der Waals surface area (Å²) in [5.41, 5.74) is 1.41. The summed E-state index contributed by atoms with van der Waals surface area (Å²) >= 11 is 0. The normalized spacial score (nSPS) is 11.0. The van der Waals surface area contributed by atoms with Gasteiger partial charge in [-0.2, -0.15) is 0 Å². The van der Waals surface area contributed by atoms with E-state index >= 15 is 0 Å². The van der Waals surface area contributed by atoms with Crippen LogP contribution in [-0.2, 0) is 14.8 Å². The number of benzene rings is 3. The third kappa shape index (κ3) is 5.50. The number of nitrogens with one attached hydrogen (secondary N) is 1. The lowest BCUT2D eigenvalue weighted by Gasteiger charge is -2.13. The Hall–Kier alpha value is -3.72. The van der Waals surface area contributed by atoms with Crippen molar-refractivity contribution in [1.29, 1.82) is 0 Å². The first-order valence-corrected chi connectivity index (χ1v) is 10.9. The summed E-state index contributed by atoms with van der Waals surface area (Å²) < 4.78 is 51.3. The molecular weight excluding hydrogens is 437 g/mol. The van der Waals surface area contributed by atoms with E-state index in [4.69, 9.17) is 9.47 Å². The molecule has 3 aromatic carbocycles. The Balaban J connectivity index is 1.78. The Morgan fingerprint density at radius 2 is 1.56 bits per heavy atom. The van der Waals surface area contributed by atoms with Crippen LogP contribution in [0.4, 0.5) is 10.1 Å². The van der Waals surface area contributed by atoms with Crippen molar-refractivity contribution in [2.75, 3.05) is 18.4 Å². The lowest BCUT2D eigenvalue weighted by Crippen LogP contribution is -2.17. The average Bonchev–Trinajstić information content (AvgIpc) is 2.78. The molecule has 0 spiro atoms. The lowest BCUT2D eigenvalue weighted by atomic mass is 10.1. The van der Waals surface area contributed by atoms with Crippen LogP contribution in [-0.4, -0.2) is 33.9 Å². The minimum atomic E-state index is -4.09. The Morgan fingerprint density at radius 1 is 0.938 bits per heavy atom. The van der Waals surface area contributed by atoms with Gasteiger partial charge in [-0.3, -0.25) is 9.52 Å². The Kier molecular flexibility index (Phi) is 6.89. The smallest absolute Gasteiger partial charge is 0.338 e. The molecule has 1 N–H and O–H groups in total. The van der Waals surface area contributed by atoms with E-state index < -0.39 is 34.2 Å². The highest BCUT2D eigenvalue weighted by Gasteiger charge is 2.23. The van der Waals surface area contributed by atoms with Crippen LogP contribution < -0.4 is 9.46 Å². The van der Waals surface area contributed by atoms with E-state index in [2.05, 4.69) is 4.72 Å². The molecule has 9 heteroatoms. The highest BCUT2D eigenvalue weighted by Crippen LogP contribution is 2.27. The number of ketones is 1. The number of Topliss-reactive ketones (excluding diaryl/α,β-unsaturated/α-hetero) is 1. The zero-order chi connectivity index (χ0) is 23.3. The molecule has 3 aromatic rings. The van der Waals surface area contributed by atoms with Crippen LogP contribution in [0.25, 0.3) is 0 Å². The summed E-state index contributed by atoms with van der Waals surface area (Å²) in [4.78, 5) is 24.3. The van der Waals surface area contributed by atoms with Gasteiger partial charge in [0, 0.05) is 11.3 Å². The summed E-state index contributed by atoms with van der Waals surface area (Å²) in [5.74, 6) is -1.89. The van der Waals surface area contributed by atoms with Crippen LogP contribution in [0.1, 0.15) is 26.3 Å². The Bertz CT molecular complexity index is 1240. The van der Waals surface area contributed by atoms with Crippen molar-refractivity contribution in [1.82, 2.24) is 0 Å². The summed E-state index contributed by atoms with van der Waals surface area (Å²) in [6.45, 7) is 1.29. The number of anilines is 1. The van der Waals surface area contributed by atoms with Gasteiger partial charge in [0.05, 0.1) is 12.7 Å². The topological polar surface area (TPSA) is 98.8 Å². The fourth-order valence-electron chi connectivity index (χ4n) is 2.78. The number of halogens is 1. The first kappa shape index (κ1) is 23.0. The quantitative estimate of drug-likeness (QED) is 0.406. The van der Waals surface area contributed by atoms with Crippen molar-refractivity contribution in [2.24, 2.45) is 0 Å². The minimum absolute atomic E-state index is 0.0311. The van der Waals surface area contributed by atoms with Gasteiger partial charge in [-0.15, -0.1) is 0 Å². The number of esters is 1. The minimum Gasteiger partial charge on any atom is -0.495 e. The van der Waals surface area contributed by atoms with E-state index in [1.165, 1.54) is 31.4 Å². The molecule has 0 aliphatic rings. The van der Waals surface area contributed by atoms with Crippen LogP contribution in [0.5, 0.6) is 5.75 Å². The second-order valence-electron chi connectivity index (χ2n) is 6.84. The second kappa shape index (κ2) is 9.61. The zero-order valence-electron chi connectivity index (χ0n) is 17.3. The molecule has 0 fully saturated rings. The SMILES string of the molecule is COc1ccc(C(=O)OCC(=O)c2ccc(F)cc2)cc1S(=O)(=O)Nc1ccc(C)cc1. The maximum atomic E-state index is 13.0. The van der Waals surface area contributed by atoms with Crippen molar-refractivity contribution in [3.8, 4) is 5.75 Å². The number of ether oxygens (including phenoxy) is 2. The highest BCUT2D eigenvalue weighted by atomic mass is 32.2.